The molecule has 0 radical (unpaired) electrons. The number of fused-ring (bicyclic) bond motifs is 2. The predicted molar refractivity (Wildman–Crippen MR) is 85.5 cm³/mol. The van der Waals surface area contributed by atoms with Gasteiger partial charge in [0.25, 0.3) is 0 Å². The molecule has 3 rings (SSSR count). The van der Waals surface area contributed by atoms with E-state index in [4.69, 9.17) is 0 Å². The Kier molecular flexibility index (Phi) is 3.01. The molecule has 1 nitrogen and oxygen atoms in total. The Balaban J connectivity index is 1.92. The van der Waals surface area contributed by atoms with Crippen molar-refractivity contribution in [3.63, 3.8) is 0 Å². The van der Waals surface area contributed by atoms with Crippen LogP contribution in [0.3, 0.4) is 0 Å². The lowest BCUT2D eigenvalue weighted by molar-refractivity contribution is 0.155. The highest BCUT2D eigenvalue weighted by atomic mass is 79.9. The van der Waals surface area contributed by atoms with E-state index in [1.54, 1.807) is 0 Å². The number of anilines is 1. The monoisotopic (exact) mass is 321 g/mol. The molecule has 1 N–H and O–H groups in total. The quantitative estimate of drug-likeness (QED) is 0.770. The highest BCUT2D eigenvalue weighted by Gasteiger charge is 2.59. The topological polar surface area (TPSA) is 12.0 Å². The van der Waals surface area contributed by atoms with Gasteiger partial charge in [-0.3, -0.25) is 0 Å². The van der Waals surface area contributed by atoms with Gasteiger partial charge in [-0.05, 0) is 60.6 Å². The van der Waals surface area contributed by atoms with Crippen LogP contribution in [-0.2, 0) is 0 Å². The van der Waals surface area contributed by atoms with Gasteiger partial charge in [0.05, 0.1) is 0 Å². The summed E-state index contributed by atoms with van der Waals surface area (Å²) in [6, 6.07) is 7.12. The molecule has 2 fully saturated rings. The summed E-state index contributed by atoms with van der Waals surface area (Å²) in [4.78, 5) is 0. The second kappa shape index (κ2) is 4.25. The summed E-state index contributed by atoms with van der Waals surface area (Å²) < 4.78 is 1.16. The fourth-order valence-electron chi connectivity index (χ4n) is 4.57. The Morgan fingerprint density at radius 3 is 2.63 bits per heavy atom. The SMILES string of the molecule is Cc1ccc(Br)cc1NC1C(C)(C)[C@H]2CC[C@]1(C)C2. The van der Waals surface area contributed by atoms with Crippen molar-refractivity contribution in [2.24, 2.45) is 16.7 Å². The minimum Gasteiger partial charge on any atom is -0.381 e. The largest absolute Gasteiger partial charge is 0.381 e. The Morgan fingerprint density at radius 2 is 2.00 bits per heavy atom. The zero-order chi connectivity index (χ0) is 13.8. The predicted octanol–water partition coefficient (Wildman–Crippen LogP) is 5.38. The van der Waals surface area contributed by atoms with E-state index in [1.165, 1.54) is 30.5 Å². The molecule has 2 bridgehead atoms. The molecular weight excluding hydrogens is 298 g/mol. The fourth-order valence-corrected chi connectivity index (χ4v) is 4.93. The van der Waals surface area contributed by atoms with Crippen LogP contribution in [-0.4, -0.2) is 6.04 Å². The maximum absolute atomic E-state index is 3.88. The number of hydrogen-bond acceptors (Lipinski definition) is 1. The molecule has 0 aliphatic heterocycles. The third-order valence-electron chi connectivity index (χ3n) is 5.77. The molecule has 3 atom stereocenters. The van der Waals surface area contributed by atoms with Gasteiger partial charge in [0.2, 0.25) is 0 Å². The van der Waals surface area contributed by atoms with E-state index in [0.29, 0.717) is 16.9 Å². The van der Waals surface area contributed by atoms with Crippen molar-refractivity contribution < 1.29 is 0 Å². The molecule has 19 heavy (non-hydrogen) atoms. The summed E-state index contributed by atoms with van der Waals surface area (Å²) in [5.74, 6) is 0.891. The van der Waals surface area contributed by atoms with Crippen LogP contribution in [0, 0.1) is 23.7 Å². The van der Waals surface area contributed by atoms with Crippen LogP contribution in [0.1, 0.15) is 45.6 Å². The molecule has 0 saturated heterocycles. The molecule has 104 valence electrons. The minimum absolute atomic E-state index is 0.405. The average molecular weight is 322 g/mol. The second-order valence-corrected chi connectivity index (χ2v) is 8.37. The first kappa shape index (κ1) is 13.5. The molecule has 2 aliphatic carbocycles. The van der Waals surface area contributed by atoms with E-state index in [-0.39, 0.29) is 0 Å². The van der Waals surface area contributed by atoms with E-state index in [1.807, 2.05) is 0 Å². The maximum Gasteiger partial charge on any atom is 0.0383 e. The molecular formula is C17H24BrN. The first-order chi connectivity index (χ1) is 8.83. The Bertz CT molecular complexity index is 503. The third-order valence-corrected chi connectivity index (χ3v) is 6.26. The van der Waals surface area contributed by atoms with Crippen molar-refractivity contribution in [3.8, 4) is 0 Å². The third kappa shape index (κ3) is 2.03. The van der Waals surface area contributed by atoms with Gasteiger partial charge in [0.1, 0.15) is 0 Å². The Labute approximate surface area is 125 Å². The molecule has 2 aliphatic rings. The van der Waals surface area contributed by atoms with Gasteiger partial charge in [-0.1, -0.05) is 42.8 Å². The number of hydrogen-bond donors (Lipinski definition) is 1. The lowest BCUT2D eigenvalue weighted by Crippen LogP contribution is -2.45. The van der Waals surface area contributed by atoms with Gasteiger partial charge in [0, 0.05) is 16.2 Å². The highest BCUT2D eigenvalue weighted by Crippen LogP contribution is 2.63. The summed E-state index contributed by atoms with van der Waals surface area (Å²) in [6.07, 6.45) is 4.19. The molecule has 2 heteroatoms. The Morgan fingerprint density at radius 1 is 1.26 bits per heavy atom. The van der Waals surface area contributed by atoms with Crippen LogP contribution in [0.4, 0.5) is 5.69 Å². The lowest BCUT2D eigenvalue weighted by atomic mass is 9.68. The van der Waals surface area contributed by atoms with Crippen LogP contribution >= 0.6 is 15.9 Å². The molecule has 1 aromatic carbocycles. The number of rotatable bonds is 2. The maximum atomic E-state index is 3.88. The molecule has 0 heterocycles. The van der Waals surface area contributed by atoms with Gasteiger partial charge in [-0.2, -0.15) is 0 Å². The van der Waals surface area contributed by atoms with Crippen molar-refractivity contribution >= 4 is 21.6 Å². The Hall–Kier alpha value is -0.500. The molecule has 0 amide bonds. The van der Waals surface area contributed by atoms with Gasteiger partial charge in [-0.15, -0.1) is 0 Å². The molecule has 0 aromatic heterocycles. The van der Waals surface area contributed by atoms with E-state index in [2.05, 4.69) is 67.1 Å². The fraction of sp³-hybridized carbons (Fsp3) is 0.647. The number of benzene rings is 1. The number of aryl methyl sites for hydroxylation is 1. The zero-order valence-electron chi connectivity index (χ0n) is 12.4. The highest BCUT2D eigenvalue weighted by molar-refractivity contribution is 9.10. The smallest absolute Gasteiger partial charge is 0.0383 e. The zero-order valence-corrected chi connectivity index (χ0v) is 14.0. The van der Waals surface area contributed by atoms with Gasteiger partial charge < -0.3 is 5.32 Å². The van der Waals surface area contributed by atoms with Crippen molar-refractivity contribution in [3.05, 3.63) is 28.2 Å². The van der Waals surface area contributed by atoms with Gasteiger partial charge in [-0.25, -0.2) is 0 Å². The summed E-state index contributed by atoms with van der Waals surface area (Å²) in [5, 5.41) is 3.88. The molecule has 1 unspecified atom stereocenters. The van der Waals surface area contributed by atoms with Crippen molar-refractivity contribution in [1.29, 1.82) is 0 Å². The lowest BCUT2D eigenvalue weighted by Gasteiger charge is -2.44. The minimum atomic E-state index is 0.405. The second-order valence-electron chi connectivity index (χ2n) is 7.45. The number of halogens is 1. The van der Waals surface area contributed by atoms with Crippen LogP contribution in [0.5, 0.6) is 0 Å². The van der Waals surface area contributed by atoms with Crippen LogP contribution in [0.15, 0.2) is 22.7 Å². The summed E-state index contributed by atoms with van der Waals surface area (Å²) >= 11 is 3.59. The first-order valence-electron chi connectivity index (χ1n) is 7.36. The van der Waals surface area contributed by atoms with Crippen LogP contribution < -0.4 is 5.32 Å². The van der Waals surface area contributed by atoms with Gasteiger partial charge in [0.15, 0.2) is 0 Å². The number of nitrogens with one attached hydrogen (secondary N) is 1. The molecule has 1 aromatic rings. The average Bonchev–Trinajstić information content (AvgIpc) is 2.80. The summed E-state index contributed by atoms with van der Waals surface area (Å²) in [7, 11) is 0. The summed E-state index contributed by atoms with van der Waals surface area (Å²) in [5.41, 5.74) is 3.51. The standard InChI is InChI=1S/C17H24BrN/c1-11-5-6-13(18)9-14(11)19-15-16(2,3)12-7-8-17(15,4)10-12/h5-6,9,12,15,19H,7-8,10H2,1-4H3/t12-,15?,17+/m0/s1. The van der Waals surface area contributed by atoms with Crippen LogP contribution in [0.25, 0.3) is 0 Å². The van der Waals surface area contributed by atoms with E-state index in [9.17, 15) is 0 Å². The molecule has 2 saturated carbocycles. The van der Waals surface area contributed by atoms with Gasteiger partial charge >= 0.3 is 0 Å². The van der Waals surface area contributed by atoms with E-state index < -0.39 is 0 Å². The normalized spacial score (nSPS) is 35.6. The van der Waals surface area contributed by atoms with Crippen molar-refractivity contribution in [2.75, 3.05) is 5.32 Å². The molecule has 0 spiro atoms. The first-order valence-corrected chi connectivity index (χ1v) is 8.15. The van der Waals surface area contributed by atoms with Crippen molar-refractivity contribution in [2.45, 2.75) is 53.0 Å². The van der Waals surface area contributed by atoms with Crippen molar-refractivity contribution in [1.82, 2.24) is 0 Å². The summed E-state index contributed by atoms with van der Waals surface area (Å²) in [6.45, 7) is 9.57. The van der Waals surface area contributed by atoms with E-state index >= 15 is 0 Å². The van der Waals surface area contributed by atoms with E-state index in [0.717, 1.165) is 10.4 Å². The van der Waals surface area contributed by atoms with Crippen LogP contribution in [0.2, 0.25) is 0 Å².